The minimum Gasteiger partial charge on any atom is -0.508 e. The van der Waals surface area contributed by atoms with Crippen molar-refractivity contribution in [2.24, 2.45) is 5.73 Å². The molecule has 2 rings (SSSR count). The molecule has 3 unspecified atom stereocenters. The number of aliphatic carboxylic acids is 1. The highest BCUT2D eigenvalue weighted by Gasteiger charge is 2.25. The number of aromatic hydroxyl groups is 1. The number of benzene rings is 1. The predicted molar refractivity (Wildman–Crippen MR) is 114 cm³/mol. The Bertz CT molecular complexity index is 948. The van der Waals surface area contributed by atoms with Crippen molar-refractivity contribution in [2.75, 3.05) is 13.2 Å². The molecule has 0 radical (unpaired) electrons. The molecule has 1 aromatic carbocycles. The van der Waals surface area contributed by atoms with E-state index in [4.69, 9.17) is 10.8 Å². The largest absolute Gasteiger partial charge is 0.508 e. The van der Waals surface area contributed by atoms with E-state index < -0.39 is 55.0 Å². The lowest BCUT2D eigenvalue weighted by Crippen LogP contribution is -2.55. The van der Waals surface area contributed by atoms with Gasteiger partial charge in [-0.3, -0.25) is 14.4 Å². The lowest BCUT2D eigenvalue weighted by atomic mass is 10.0. The molecule has 0 bridgehead atoms. The third-order valence-electron chi connectivity index (χ3n) is 4.58. The maximum atomic E-state index is 12.7. The standard InChI is InChI=1S/C20H26N6O7/c21-14(9-27)18(30)26-15(5-11-1-3-13(28)4-2-11)19(31)23-8-17(29)25-16(20(32)33)6-12-7-22-10-24-12/h1-4,7,10,14-16,27-28H,5-6,8-9,21H2,(H,22,24)(H,23,31)(H,25,29)(H,26,30)(H,32,33). The molecule has 9 N–H and O–H groups in total. The second kappa shape index (κ2) is 12.2. The van der Waals surface area contributed by atoms with Gasteiger partial charge in [0.2, 0.25) is 17.7 Å². The number of imidazole rings is 1. The van der Waals surface area contributed by atoms with E-state index in [1.54, 1.807) is 12.1 Å². The average Bonchev–Trinajstić information content (AvgIpc) is 3.30. The van der Waals surface area contributed by atoms with Crippen LogP contribution in [0.3, 0.4) is 0 Å². The number of nitrogens with one attached hydrogen (secondary N) is 4. The number of aromatic nitrogens is 2. The van der Waals surface area contributed by atoms with Gasteiger partial charge in [0.15, 0.2) is 0 Å². The number of phenolic OH excluding ortho intramolecular Hbond substituents is 1. The number of nitrogens with zero attached hydrogens (tertiary/aromatic N) is 1. The Labute approximate surface area is 188 Å². The zero-order valence-corrected chi connectivity index (χ0v) is 17.5. The Morgan fingerprint density at radius 1 is 1.03 bits per heavy atom. The molecule has 0 spiro atoms. The highest BCUT2D eigenvalue weighted by molar-refractivity contribution is 5.92. The zero-order chi connectivity index (χ0) is 24.4. The number of hydrogen-bond acceptors (Lipinski definition) is 8. The number of carbonyl (C=O) groups is 4. The van der Waals surface area contributed by atoms with Crippen molar-refractivity contribution in [3.63, 3.8) is 0 Å². The highest BCUT2D eigenvalue weighted by atomic mass is 16.4. The van der Waals surface area contributed by atoms with Crippen LogP contribution in [-0.2, 0) is 32.0 Å². The molecule has 0 aliphatic rings. The number of phenols is 1. The molecule has 33 heavy (non-hydrogen) atoms. The monoisotopic (exact) mass is 462 g/mol. The quantitative estimate of drug-likeness (QED) is 0.165. The van der Waals surface area contributed by atoms with E-state index >= 15 is 0 Å². The molecular formula is C20H26N6O7. The smallest absolute Gasteiger partial charge is 0.326 e. The number of aliphatic hydroxyl groups is 1. The molecule has 0 saturated carbocycles. The Morgan fingerprint density at radius 3 is 2.30 bits per heavy atom. The minimum absolute atomic E-state index is 0.00912. The van der Waals surface area contributed by atoms with Gasteiger partial charge in [-0.15, -0.1) is 0 Å². The van der Waals surface area contributed by atoms with Crippen LogP contribution in [0.5, 0.6) is 5.75 Å². The van der Waals surface area contributed by atoms with Gasteiger partial charge in [-0.1, -0.05) is 12.1 Å². The summed E-state index contributed by atoms with van der Waals surface area (Å²) in [5, 5.41) is 34.8. The van der Waals surface area contributed by atoms with E-state index in [0.717, 1.165) is 0 Å². The van der Waals surface area contributed by atoms with Crippen molar-refractivity contribution in [1.82, 2.24) is 25.9 Å². The number of hydrogen-bond donors (Lipinski definition) is 8. The van der Waals surface area contributed by atoms with Crippen LogP contribution in [0.4, 0.5) is 0 Å². The first-order valence-corrected chi connectivity index (χ1v) is 9.91. The second-order valence-corrected chi connectivity index (χ2v) is 7.18. The van der Waals surface area contributed by atoms with Crippen molar-refractivity contribution in [2.45, 2.75) is 31.0 Å². The van der Waals surface area contributed by atoms with Gasteiger partial charge < -0.3 is 42.0 Å². The van der Waals surface area contributed by atoms with Crippen LogP contribution < -0.4 is 21.7 Å². The van der Waals surface area contributed by atoms with E-state index in [9.17, 15) is 29.4 Å². The van der Waals surface area contributed by atoms with E-state index in [0.29, 0.717) is 11.3 Å². The van der Waals surface area contributed by atoms with Gasteiger partial charge in [-0.25, -0.2) is 9.78 Å². The Hall–Kier alpha value is -3.97. The van der Waals surface area contributed by atoms with Crippen molar-refractivity contribution < 1.29 is 34.5 Å². The second-order valence-electron chi connectivity index (χ2n) is 7.18. The molecule has 178 valence electrons. The molecule has 13 heteroatoms. The number of amides is 3. The van der Waals surface area contributed by atoms with Gasteiger partial charge in [-0.05, 0) is 17.7 Å². The summed E-state index contributed by atoms with van der Waals surface area (Å²) in [7, 11) is 0. The number of aromatic amines is 1. The number of rotatable bonds is 12. The summed E-state index contributed by atoms with van der Waals surface area (Å²) in [4.78, 5) is 54.9. The Balaban J connectivity index is 1.99. The predicted octanol–water partition coefficient (Wildman–Crippen LogP) is -2.61. The van der Waals surface area contributed by atoms with Crippen LogP contribution >= 0.6 is 0 Å². The van der Waals surface area contributed by atoms with E-state index in [2.05, 4.69) is 25.9 Å². The van der Waals surface area contributed by atoms with E-state index in [1.165, 1.54) is 24.7 Å². The minimum atomic E-state index is -1.26. The fourth-order valence-corrected chi connectivity index (χ4v) is 2.79. The van der Waals surface area contributed by atoms with Gasteiger partial charge in [0, 0.05) is 24.7 Å². The number of aliphatic hydroxyl groups excluding tert-OH is 1. The highest BCUT2D eigenvalue weighted by Crippen LogP contribution is 2.11. The van der Waals surface area contributed by atoms with Crippen molar-refractivity contribution in [3.8, 4) is 5.75 Å². The number of nitrogens with two attached hydrogens (primary N) is 1. The number of carbonyl (C=O) groups excluding carboxylic acids is 3. The summed E-state index contributed by atoms with van der Waals surface area (Å²) < 4.78 is 0. The first-order chi connectivity index (χ1) is 15.7. The molecule has 2 aromatic rings. The molecule has 1 aromatic heterocycles. The number of carboxylic acids is 1. The molecule has 0 fully saturated rings. The van der Waals surface area contributed by atoms with Crippen LogP contribution in [-0.4, -0.2) is 80.3 Å². The molecule has 1 heterocycles. The lowest BCUT2D eigenvalue weighted by molar-refractivity contribution is -0.141. The van der Waals surface area contributed by atoms with Gasteiger partial charge in [0.05, 0.1) is 19.5 Å². The van der Waals surface area contributed by atoms with Crippen LogP contribution in [0.1, 0.15) is 11.3 Å². The van der Waals surface area contributed by atoms with Gasteiger partial charge in [0.1, 0.15) is 23.9 Å². The van der Waals surface area contributed by atoms with Crippen LogP contribution in [0.25, 0.3) is 0 Å². The van der Waals surface area contributed by atoms with Gasteiger partial charge >= 0.3 is 5.97 Å². The summed E-state index contributed by atoms with van der Waals surface area (Å²) in [5.41, 5.74) is 6.59. The maximum absolute atomic E-state index is 12.7. The molecular weight excluding hydrogens is 436 g/mol. The van der Waals surface area contributed by atoms with Crippen molar-refractivity contribution in [3.05, 3.63) is 48.0 Å². The lowest BCUT2D eigenvalue weighted by Gasteiger charge is -2.20. The molecule has 0 saturated heterocycles. The third-order valence-corrected chi connectivity index (χ3v) is 4.58. The molecule has 0 aliphatic heterocycles. The summed E-state index contributed by atoms with van der Waals surface area (Å²) in [5.74, 6) is -3.49. The summed E-state index contributed by atoms with van der Waals surface area (Å²) in [6.07, 6.45) is 2.78. The zero-order valence-electron chi connectivity index (χ0n) is 17.5. The first-order valence-electron chi connectivity index (χ1n) is 9.91. The van der Waals surface area contributed by atoms with Gasteiger partial charge in [-0.2, -0.15) is 0 Å². The number of H-pyrrole nitrogens is 1. The Morgan fingerprint density at radius 2 is 1.73 bits per heavy atom. The van der Waals surface area contributed by atoms with Gasteiger partial charge in [0.25, 0.3) is 0 Å². The third kappa shape index (κ3) is 8.23. The maximum Gasteiger partial charge on any atom is 0.326 e. The molecule has 0 aliphatic carbocycles. The topological polar surface area (TPSA) is 220 Å². The Kier molecular flexibility index (Phi) is 9.32. The molecule has 3 amide bonds. The fraction of sp³-hybridized carbons (Fsp3) is 0.350. The summed E-state index contributed by atoms with van der Waals surface area (Å²) in [6.45, 7) is -1.17. The SMILES string of the molecule is NC(CO)C(=O)NC(Cc1ccc(O)cc1)C(=O)NCC(=O)NC(Cc1cnc[nH]1)C(=O)O. The fourth-order valence-electron chi connectivity index (χ4n) is 2.79. The van der Waals surface area contributed by atoms with Crippen molar-refractivity contribution in [1.29, 1.82) is 0 Å². The molecule has 3 atom stereocenters. The van der Waals surface area contributed by atoms with Crippen LogP contribution in [0, 0.1) is 0 Å². The van der Waals surface area contributed by atoms with E-state index in [-0.39, 0.29) is 18.6 Å². The number of carboxylic acid groups (broad SMARTS) is 1. The summed E-state index contributed by atoms with van der Waals surface area (Å²) in [6, 6.07) is 2.27. The summed E-state index contributed by atoms with van der Waals surface area (Å²) >= 11 is 0. The van der Waals surface area contributed by atoms with Crippen LogP contribution in [0.15, 0.2) is 36.8 Å². The van der Waals surface area contributed by atoms with Crippen molar-refractivity contribution >= 4 is 23.7 Å². The normalized spacial score (nSPS) is 13.4. The van der Waals surface area contributed by atoms with E-state index in [1.807, 2.05) is 0 Å². The average molecular weight is 462 g/mol. The first kappa shape index (κ1) is 25.3. The van der Waals surface area contributed by atoms with Crippen LogP contribution in [0.2, 0.25) is 0 Å². The molecule has 13 nitrogen and oxygen atoms in total.